The largest absolute Gasteiger partial charge is 0.416 e. The second-order valence-corrected chi connectivity index (χ2v) is 8.45. The summed E-state index contributed by atoms with van der Waals surface area (Å²) in [7, 11) is 1.75. The molecule has 1 N–H and O–H groups in total. The van der Waals surface area contributed by atoms with Crippen LogP contribution in [0.1, 0.15) is 43.9 Å². The van der Waals surface area contributed by atoms with E-state index in [1.807, 2.05) is 0 Å². The number of aliphatic imine (C=N–C) groups is 1. The second-order valence-electron chi connectivity index (χ2n) is 8.45. The van der Waals surface area contributed by atoms with Gasteiger partial charge in [0.2, 0.25) is 0 Å². The van der Waals surface area contributed by atoms with Crippen LogP contribution in [0.2, 0.25) is 0 Å². The van der Waals surface area contributed by atoms with Gasteiger partial charge in [0.25, 0.3) is 0 Å². The molecule has 31 heavy (non-hydrogen) atoms. The summed E-state index contributed by atoms with van der Waals surface area (Å²) in [6.45, 7) is 9.14. The molecule has 9 heteroatoms. The van der Waals surface area contributed by atoms with Gasteiger partial charge >= 0.3 is 6.18 Å². The molecule has 2 atom stereocenters. The summed E-state index contributed by atoms with van der Waals surface area (Å²) in [5, 5.41) is 3.49. The Morgan fingerprint density at radius 2 is 2.03 bits per heavy atom. The van der Waals surface area contributed by atoms with Crippen LogP contribution in [-0.4, -0.2) is 68.2 Å². The zero-order valence-electron chi connectivity index (χ0n) is 18.5. The van der Waals surface area contributed by atoms with Gasteiger partial charge in [-0.1, -0.05) is 12.1 Å². The third-order valence-electron chi connectivity index (χ3n) is 5.99. The van der Waals surface area contributed by atoms with Crippen molar-refractivity contribution in [2.45, 2.75) is 45.0 Å². The smallest absolute Gasteiger partial charge is 0.370 e. The normalized spacial score (nSPS) is 23.6. The number of morpholine rings is 1. The standard InChI is InChI=1S/C22H33F3N4O.HI/c1-16(2)28-9-5-6-17(14-28)13-27-21(26-3)29-10-11-30-20(15-29)18-7-4-8-19(12-18)22(23,24)25;/h4,7-8,12,16-17,20H,5-6,9-11,13-15H2,1-3H3,(H,26,27);1H. The van der Waals surface area contributed by atoms with Crippen molar-refractivity contribution in [2.75, 3.05) is 46.4 Å². The summed E-state index contributed by atoms with van der Waals surface area (Å²) in [5.41, 5.74) is -0.0972. The highest BCUT2D eigenvalue weighted by Gasteiger charge is 2.32. The predicted molar refractivity (Wildman–Crippen MR) is 128 cm³/mol. The molecule has 3 rings (SSSR count). The molecule has 2 unspecified atom stereocenters. The minimum atomic E-state index is -4.36. The van der Waals surface area contributed by atoms with E-state index in [9.17, 15) is 13.2 Å². The molecule has 2 heterocycles. The molecule has 0 aliphatic carbocycles. The maximum atomic E-state index is 13.1. The zero-order chi connectivity index (χ0) is 21.7. The van der Waals surface area contributed by atoms with Crippen LogP contribution in [0.25, 0.3) is 0 Å². The molecule has 2 aliphatic rings. The minimum Gasteiger partial charge on any atom is -0.370 e. The number of nitrogens with zero attached hydrogens (tertiary/aromatic N) is 3. The van der Waals surface area contributed by atoms with Gasteiger partial charge in [-0.3, -0.25) is 4.99 Å². The Labute approximate surface area is 200 Å². The second kappa shape index (κ2) is 11.7. The highest BCUT2D eigenvalue weighted by atomic mass is 127. The quantitative estimate of drug-likeness (QED) is 0.341. The van der Waals surface area contributed by atoms with E-state index in [1.165, 1.54) is 25.0 Å². The lowest BCUT2D eigenvalue weighted by molar-refractivity contribution is -0.137. The fourth-order valence-corrected chi connectivity index (χ4v) is 4.26. The molecule has 0 bridgehead atoms. The summed E-state index contributed by atoms with van der Waals surface area (Å²) in [5.74, 6) is 1.36. The molecular weight excluding hydrogens is 520 g/mol. The first kappa shape index (κ1) is 26.2. The third-order valence-corrected chi connectivity index (χ3v) is 5.99. The molecule has 0 saturated carbocycles. The van der Waals surface area contributed by atoms with Gasteiger partial charge < -0.3 is 19.9 Å². The number of rotatable bonds is 4. The Balaban J connectivity index is 0.00000341. The van der Waals surface area contributed by atoms with E-state index < -0.39 is 17.8 Å². The Kier molecular flexibility index (Phi) is 9.88. The number of hydrogen-bond acceptors (Lipinski definition) is 3. The number of piperidine rings is 1. The third kappa shape index (κ3) is 7.21. The molecule has 0 spiro atoms. The van der Waals surface area contributed by atoms with E-state index >= 15 is 0 Å². The van der Waals surface area contributed by atoms with E-state index in [0.29, 0.717) is 37.2 Å². The van der Waals surface area contributed by atoms with Crippen molar-refractivity contribution in [1.29, 1.82) is 0 Å². The first-order chi connectivity index (χ1) is 14.3. The molecule has 0 amide bonds. The number of halogens is 4. The predicted octanol–water partition coefficient (Wildman–Crippen LogP) is 4.39. The van der Waals surface area contributed by atoms with Crippen molar-refractivity contribution in [1.82, 2.24) is 15.1 Å². The fourth-order valence-electron chi connectivity index (χ4n) is 4.26. The first-order valence-electron chi connectivity index (χ1n) is 10.8. The van der Waals surface area contributed by atoms with Gasteiger partial charge in [0, 0.05) is 32.7 Å². The number of benzene rings is 1. The average molecular weight is 554 g/mol. The van der Waals surface area contributed by atoms with E-state index in [0.717, 1.165) is 31.7 Å². The summed E-state index contributed by atoms with van der Waals surface area (Å²) in [4.78, 5) is 9.01. The van der Waals surface area contributed by atoms with Crippen molar-refractivity contribution < 1.29 is 17.9 Å². The van der Waals surface area contributed by atoms with Crippen LogP contribution in [-0.2, 0) is 10.9 Å². The number of alkyl halides is 3. The number of guanidine groups is 1. The van der Waals surface area contributed by atoms with Crippen molar-refractivity contribution in [3.05, 3.63) is 35.4 Å². The minimum absolute atomic E-state index is 0. The number of nitrogens with one attached hydrogen (secondary N) is 1. The average Bonchev–Trinajstić information content (AvgIpc) is 2.74. The van der Waals surface area contributed by atoms with Crippen LogP contribution < -0.4 is 5.32 Å². The number of hydrogen-bond donors (Lipinski definition) is 1. The molecule has 2 saturated heterocycles. The van der Waals surface area contributed by atoms with E-state index in [2.05, 4.69) is 34.0 Å². The van der Waals surface area contributed by atoms with Crippen LogP contribution in [0.4, 0.5) is 13.2 Å². The van der Waals surface area contributed by atoms with Crippen molar-refractivity contribution in [2.24, 2.45) is 10.9 Å². The highest BCUT2D eigenvalue weighted by molar-refractivity contribution is 14.0. The van der Waals surface area contributed by atoms with Gasteiger partial charge in [-0.15, -0.1) is 24.0 Å². The fraction of sp³-hybridized carbons (Fsp3) is 0.682. The summed E-state index contributed by atoms with van der Waals surface area (Å²) in [6, 6.07) is 5.97. The van der Waals surface area contributed by atoms with Crippen LogP contribution in [0.3, 0.4) is 0 Å². The maximum absolute atomic E-state index is 13.1. The summed E-state index contributed by atoms with van der Waals surface area (Å²) in [6.07, 6.45) is -2.36. The van der Waals surface area contributed by atoms with Gasteiger partial charge in [0.1, 0.15) is 6.10 Å². The van der Waals surface area contributed by atoms with Gasteiger partial charge in [0.05, 0.1) is 18.7 Å². The molecule has 0 aromatic heterocycles. The Hall–Kier alpha value is -1.07. The zero-order valence-corrected chi connectivity index (χ0v) is 20.8. The molecule has 1 aromatic rings. The molecular formula is C22H34F3IN4O. The molecule has 2 aliphatic heterocycles. The molecule has 5 nitrogen and oxygen atoms in total. The van der Waals surface area contributed by atoms with Crippen LogP contribution in [0, 0.1) is 5.92 Å². The lowest BCUT2D eigenvalue weighted by atomic mass is 9.97. The Morgan fingerprint density at radius 1 is 1.26 bits per heavy atom. The van der Waals surface area contributed by atoms with Gasteiger partial charge in [-0.05, 0) is 56.8 Å². The van der Waals surface area contributed by atoms with Gasteiger partial charge in [-0.2, -0.15) is 13.2 Å². The van der Waals surface area contributed by atoms with Gasteiger partial charge in [-0.25, -0.2) is 0 Å². The Morgan fingerprint density at radius 3 is 2.71 bits per heavy atom. The monoisotopic (exact) mass is 554 g/mol. The first-order valence-corrected chi connectivity index (χ1v) is 10.8. The number of ether oxygens (including phenoxy) is 1. The van der Waals surface area contributed by atoms with Crippen molar-refractivity contribution in [3.8, 4) is 0 Å². The molecule has 2 fully saturated rings. The van der Waals surface area contributed by atoms with Crippen LogP contribution >= 0.6 is 24.0 Å². The molecule has 1 aromatic carbocycles. The molecule has 0 radical (unpaired) electrons. The highest BCUT2D eigenvalue weighted by Crippen LogP contribution is 2.32. The van der Waals surface area contributed by atoms with Crippen LogP contribution in [0.5, 0.6) is 0 Å². The van der Waals surface area contributed by atoms with Crippen LogP contribution in [0.15, 0.2) is 29.3 Å². The topological polar surface area (TPSA) is 40.1 Å². The van der Waals surface area contributed by atoms with E-state index in [4.69, 9.17) is 4.74 Å². The van der Waals surface area contributed by atoms with E-state index in [-0.39, 0.29) is 24.0 Å². The van der Waals surface area contributed by atoms with Gasteiger partial charge in [0.15, 0.2) is 5.96 Å². The van der Waals surface area contributed by atoms with E-state index in [1.54, 1.807) is 13.1 Å². The van der Waals surface area contributed by atoms with Crippen molar-refractivity contribution in [3.63, 3.8) is 0 Å². The summed E-state index contributed by atoms with van der Waals surface area (Å²) >= 11 is 0. The number of likely N-dealkylation sites (tertiary alicyclic amines) is 1. The van der Waals surface area contributed by atoms with Crippen molar-refractivity contribution >= 4 is 29.9 Å². The maximum Gasteiger partial charge on any atom is 0.416 e. The SMILES string of the molecule is CN=C(NCC1CCCN(C(C)C)C1)N1CCOC(c2cccc(C(F)(F)F)c2)C1.I. The summed E-state index contributed by atoms with van der Waals surface area (Å²) < 4.78 is 45.0. The lowest BCUT2D eigenvalue weighted by Gasteiger charge is -2.38. The Bertz CT molecular complexity index is 729. The lowest BCUT2D eigenvalue weighted by Crippen LogP contribution is -2.50. The molecule has 176 valence electrons.